The Morgan fingerprint density at radius 3 is 1.62 bits per heavy atom. The van der Waals surface area contributed by atoms with Crippen molar-refractivity contribution in [3.05, 3.63) is 101 Å². The van der Waals surface area contributed by atoms with Crippen molar-refractivity contribution in [2.75, 3.05) is 5.32 Å². The van der Waals surface area contributed by atoms with Gasteiger partial charge >= 0.3 is 0 Å². The molecule has 0 saturated heterocycles. The van der Waals surface area contributed by atoms with E-state index in [0.29, 0.717) is 5.69 Å². The van der Waals surface area contributed by atoms with Gasteiger partial charge in [0.1, 0.15) is 0 Å². The first-order chi connectivity index (χ1) is 14.1. The Morgan fingerprint density at radius 2 is 1.17 bits per heavy atom. The second-order valence-electron chi connectivity index (χ2n) is 7.94. The summed E-state index contributed by atoms with van der Waals surface area (Å²) in [6.45, 7) is 1.98. The fourth-order valence-electron chi connectivity index (χ4n) is 5.14. The third-order valence-electron chi connectivity index (χ3n) is 6.33. The lowest BCUT2D eigenvalue weighted by Gasteiger charge is -2.50. The van der Waals surface area contributed by atoms with Crippen molar-refractivity contribution in [3.8, 4) is 0 Å². The number of hydrogen-bond acceptors (Lipinski definition) is 3. The zero-order valence-electron chi connectivity index (χ0n) is 16.0. The number of hydrogen-bond donors (Lipinski definition) is 1. The van der Waals surface area contributed by atoms with Crippen molar-refractivity contribution in [1.29, 1.82) is 0 Å². The van der Waals surface area contributed by atoms with Gasteiger partial charge in [0.15, 0.2) is 0 Å². The molecule has 144 valence electrons. The molecule has 2 bridgehead atoms. The normalized spacial score (nSPS) is 23.8. The second-order valence-corrected chi connectivity index (χ2v) is 7.94. The number of nitrogens with one attached hydrogen (secondary N) is 1. The van der Waals surface area contributed by atoms with Crippen molar-refractivity contribution in [2.45, 2.75) is 18.8 Å². The van der Waals surface area contributed by atoms with Crippen LogP contribution in [0.15, 0.2) is 72.8 Å². The Kier molecular flexibility index (Phi) is 4.02. The lowest BCUT2D eigenvalue weighted by molar-refractivity contribution is -0.314. The van der Waals surface area contributed by atoms with E-state index < -0.39 is 17.8 Å². The number of carbonyl (C=O) groups is 2. The molecule has 1 N–H and O–H groups in total. The number of carboxylic acids is 1. The summed E-state index contributed by atoms with van der Waals surface area (Å²) < 4.78 is 0. The van der Waals surface area contributed by atoms with Gasteiger partial charge in [0.25, 0.3) is 0 Å². The predicted molar refractivity (Wildman–Crippen MR) is 108 cm³/mol. The summed E-state index contributed by atoms with van der Waals surface area (Å²) in [6, 6.07) is 23.3. The van der Waals surface area contributed by atoms with Gasteiger partial charge < -0.3 is 15.2 Å². The Morgan fingerprint density at radius 1 is 0.724 bits per heavy atom. The van der Waals surface area contributed by atoms with Gasteiger partial charge in [0, 0.05) is 29.4 Å². The third-order valence-corrected chi connectivity index (χ3v) is 6.33. The van der Waals surface area contributed by atoms with E-state index in [1.165, 1.54) is 0 Å². The highest BCUT2D eigenvalue weighted by molar-refractivity contribution is 5.97. The molecule has 0 aromatic heterocycles. The second kappa shape index (κ2) is 6.59. The summed E-state index contributed by atoms with van der Waals surface area (Å²) in [5.74, 6) is -3.77. The molecule has 29 heavy (non-hydrogen) atoms. The zero-order chi connectivity index (χ0) is 20.1. The smallest absolute Gasteiger partial charge is 0.229 e. The molecular formula is C25H20NO3-. The zero-order valence-corrected chi connectivity index (χ0v) is 16.0. The summed E-state index contributed by atoms with van der Waals surface area (Å²) in [5, 5.41) is 15.2. The van der Waals surface area contributed by atoms with Gasteiger partial charge in [-0.15, -0.1) is 0 Å². The number of carboxylic acid groups (broad SMARTS) is 1. The van der Waals surface area contributed by atoms with Crippen molar-refractivity contribution in [3.63, 3.8) is 0 Å². The van der Waals surface area contributed by atoms with Gasteiger partial charge in [0.05, 0.1) is 5.92 Å². The van der Waals surface area contributed by atoms with Crippen LogP contribution in [0.3, 0.4) is 0 Å². The highest BCUT2D eigenvalue weighted by Gasteiger charge is 2.52. The summed E-state index contributed by atoms with van der Waals surface area (Å²) >= 11 is 0. The van der Waals surface area contributed by atoms with Gasteiger partial charge in [-0.2, -0.15) is 0 Å². The Labute approximate surface area is 169 Å². The van der Waals surface area contributed by atoms with Crippen LogP contribution in [0.25, 0.3) is 0 Å². The van der Waals surface area contributed by atoms with E-state index in [1.54, 1.807) is 0 Å². The molecule has 3 aromatic carbocycles. The molecule has 0 unspecified atom stereocenters. The molecule has 2 atom stereocenters. The molecule has 1 amide bonds. The number of benzene rings is 3. The highest BCUT2D eigenvalue weighted by atomic mass is 16.4. The minimum absolute atomic E-state index is 0.276. The Balaban J connectivity index is 1.64. The first kappa shape index (κ1) is 17.7. The van der Waals surface area contributed by atoms with E-state index >= 15 is 0 Å². The van der Waals surface area contributed by atoms with Crippen molar-refractivity contribution < 1.29 is 14.7 Å². The molecule has 3 aromatic rings. The number of rotatable bonds is 3. The van der Waals surface area contributed by atoms with Crippen molar-refractivity contribution >= 4 is 17.6 Å². The summed E-state index contributed by atoms with van der Waals surface area (Å²) in [7, 11) is 0. The van der Waals surface area contributed by atoms with Crippen LogP contribution in [0, 0.1) is 18.8 Å². The maximum absolute atomic E-state index is 13.4. The average Bonchev–Trinajstić information content (AvgIpc) is 2.74. The molecule has 0 heterocycles. The third kappa shape index (κ3) is 2.67. The highest BCUT2D eigenvalue weighted by Crippen LogP contribution is 2.58. The molecule has 3 aliphatic carbocycles. The number of amides is 1. The van der Waals surface area contributed by atoms with Crippen LogP contribution in [0.1, 0.15) is 39.7 Å². The van der Waals surface area contributed by atoms with Crippen molar-refractivity contribution in [1.82, 2.24) is 0 Å². The van der Waals surface area contributed by atoms with E-state index in [-0.39, 0.29) is 17.7 Å². The minimum atomic E-state index is -1.17. The van der Waals surface area contributed by atoms with E-state index in [9.17, 15) is 14.7 Å². The van der Waals surface area contributed by atoms with E-state index in [2.05, 4.69) is 5.32 Å². The molecule has 0 spiro atoms. The number of aliphatic carboxylic acids is 1. The fourth-order valence-corrected chi connectivity index (χ4v) is 5.14. The molecule has 3 aliphatic rings. The molecule has 0 aliphatic heterocycles. The van der Waals surface area contributed by atoms with Gasteiger partial charge in [-0.3, -0.25) is 4.79 Å². The SMILES string of the molecule is Cc1ccc(NC(=O)[C@H]2C3c4ccccc4C(c4ccccc43)[C@@H]2C(=O)[O-])cc1. The van der Waals surface area contributed by atoms with Gasteiger partial charge in [0.2, 0.25) is 5.91 Å². The Hall–Kier alpha value is -3.40. The van der Waals surface area contributed by atoms with E-state index in [1.807, 2.05) is 79.7 Å². The molecule has 6 rings (SSSR count). The standard InChI is InChI=1S/C25H21NO3/c1-14-10-12-15(13-11-14)26-24(27)22-20-16-6-2-4-8-18(16)21(23(22)25(28)29)19-9-5-3-7-17(19)20/h2-13,20-23H,1H3,(H,26,27)(H,28,29)/p-1/t20?,21?,22-,23-/m0/s1. The van der Waals surface area contributed by atoms with E-state index in [0.717, 1.165) is 27.8 Å². The Bertz CT molecular complexity index is 1070. The summed E-state index contributed by atoms with van der Waals surface area (Å²) in [6.07, 6.45) is 0. The van der Waals surface area contributed by atoms with Gasteiger partial charge in [-0.05, 0) is 41.3 Å². The quantitative estimate of drug-likeness (QED) is 0.756. The van der Waals surface area contributed by atoms with Crippen LogP contribution in [0.2, 0.25) is 0 Å². The number of fused-ring (bicyclic) bond motifs is 1. The monoisotopic (exact) mass is 382 g/mol. The summed E-state index contributed by atoms with van der Waals surface area (Å²) in [5.41, 5.74) is 5.82. The number of carbonyl (C=O) groups excluding carboxylic acids is 2. The van der Waals surface area contributed by atoms with Crippen LogP contribution in [-0.4, -0.2) is 11.9 Å². The van der Waals surface area contributed by atoms with Gasteiger partial charge in [-0.1, -0.05) is 66.2 Å². The predicted octanol–water partition coefficient (Wildman–Crippen LogP) is 3.21. The molecule has 0 radical (unpaired) electrons. The van der Waals surface area contributed by atoms with Gasteiger partial charge in [-0.25, -0.2) is 0 Å². The van der Waals surface area contributed by atoms with Crippen LogP contribution in [0.4, 0.5) is 5.69 Å². The van der Waals surface area contributed by atoms with Crippen LogP contribution in [-0.2, 0) is 9.59 Å². The largest absolute Gasteiger partial charge is 0.550 e. The van der Waals surface area contributed by atoms with Crippen LogP contribution >= 0.6 is 0 Å². The number of anilines is 1. The summed E-state index contributed by atoms with van der Waals surface area (Å²) in [4.78, 5) is 25.7. The topological polar surface area (TPSA) is 69.2 Å². The fraction of sp³-hybridized carbons (Fsp3) is 0.200. The molecular weight excluding hydrogens is 362 g/mol. The average molecular weight is 382 g/mol. The number of aryl methyl sites for hydroxylation is 1. The maximum atomic E-state index is 13.4. The molecule has 0 saturated carbocycles. The first-order valence-electron chi connectivity index (χ1n) is 9.82. The first-order valence-corrected chi connectivity index (χ1v) is 9.82. The minimum Gasteiger partial charge on any atom is -0.550 e. The maximum Gasteiger partial charge on any atom is 0.229 e. The molecule has 0 fully saturated rings. The lowest BCUT2D eigenvalue weighted by atomic mass is 9.54. The van der Waals surface area contributed by atoms with E-state index in [4.69, 9.17) is 0 Å². The molecule has 4 nitrogen and oxygen atoms in total. The van der Waals surface area contributed by atoms with Crippen LogP contribution in [0.5, 0.6) is 0 Å². The van der Waals surface area contributed by atoms with Crippen LogP contribution < -0.4 is 10.4 Å². The van der Waals surface area contributed by atoms with Crippen molar-refractivity contribution in [2.24, 2.45) is 11.8 Å². The molecule has 4 heteroatoms. The lowest BCUT2D eigenvalue weighted by Crippen LogP contribution is -2.52.